The number of rotatable bonds is 3. The largest absolute Gasteiger partial charge is 0.503 e. The first-order chi connectivity index (χ1) is 9.43. The lowest BCUT2D eigenvalue weighted by Crippen LogP contribution is -2.25. The Morgan fingerprint density at radius 1 is 1.55 bits per heavy atom. The smallest absolute Gasteiger partial charge is 0.276 e. The summed E-state index contributed by atoms with van der Waals surface area (Å²) in [5.41, 5.74) is 0.979. The minimum atomic E-state index is -0.225. The molecule has 0 bridgehead atoms. The van der Waals surface area contributed by atoms with Crippen molar-refractivity contribution < 1.29 is 14.6 Å². The van der Waals surface area contributed by atoms with Gasteiger partial charge in [-0.05, 0) is 42.9 Å². The Bertz CT molecular complexity index is 616. The highest BCUT2D eigenvalue weighted by molar-refractivity contribution is 7.80. The molecule has 5 nitrogen and oxygen atoms in total. The van der Waals surface area contributed by atoms with Crippen molar-refractivity contribution in [2.24, 2.45) is 0 Å². The van der Waals surface area contributed by atoms with Crippen LogP contribution >= 0.6 is 23.8 Å². The summed E-state index contributed by atoms with van der Waals surface area (Å²) in [4.78, 5) is 13.2. The molecule has 0 atom stereocenters. The van der Waals surface area contributed by atoms with Crippen LogP contribution in [-0.4, -0.2) is 34.7 Å². The van der Waals surface area contributed by atoms with E-state index < -0.39 is 0 Å². The van der Waals surface area contributed by atoms with Crippen molar-refractivity contribution >= 4 is 40.9 Å². The molecule has 7 heteroatoms. The molecule has 2 rings (SSSR count). The van der Waals surface area contributed by atoms with Crippen molar-refractivity contribution in [3.8, 4) is 11.5 Å². The number of nitrogens with zero attached hydrogens (tertiary/aromatic N) is 1. The number of hydrogen-bond acceptors (Lipinski definition) is 4. The van der Waals surface area contributed by atoms with Gasteiger partial charge < -0.3 is 15.2 Å². The number of ether oxygens (including phenoxy) is 1. The molecule has 0 aliphatic carbocycles. The zero-order valence-corrected chi connectivity index (χ0v) is 12.5. The van der Waals surface area contributed by atoms with Crippen LogP contribution in [0.25, 0.3) is 6.08 Å². The topological polar surface area (TPSA) is 61.8 Å². The van der Waals surface area contributed by atoms with Crippen molar-refractivity contribution in [1.82, 2.24) is 10.2 Å². The van der Waals surface area contributed by atoms with Gasteiger partial charge in [-0.3, -0.25) is 9.69 Å². The predicted molar refractivity (Wildman–Crippen MR) is 80.8 cm³/mol. The third kappa shape index (κ3) is 2.71. The second-order valence-corrected chi connectivity index (χ2v) is 4.93. The summed E-state index contributed by atoms with van der Waals surface area (Å²) in [7, 11) is 1.59. The van der Waals surface area contributed by atoms with Gasteiger partial charge in [0.2, 0.25) is 0 Å². The number of carbonyl (C=O) groups is 1. The molecule has 1 aromatic rings. The Kier molecular flexibility index (Phi) is 4.15. The Labute approximate surface area is 126 Å². The molecule has 1 amide bonds. The van der Waals surface area contributed by atoms with Crippen LogP contribution < -0.4 is 10.1 Å². The van der Waals surface area contributed by atoms with Crippen LogP contribution in [-0.2, 0) is 4.79 Å². The third-order valence-electron chi connectivity index (χ3n) is 2.74. The van der Waals surface area contributed by atoms with Gasteiger partial charge in [0.05, 0.1) is 11.6 Å². The van der Waals surface area contributed by atoms with Gasteiger partial charge in [-0.25, -0.2) is 0 Å². The molecule has 106 valence electrons. The first-order valence-electron chi connectivity index (χ1n) is 5.90. The molecule has 1 aliphatic rings. The monoisotopic (exact) mass is 312 g/mol. The number of likely N-dealkylation sites (N-methyl/N-ethyl adjacent to an activating group) is 1. The second-order valence-electron chi connectivity index (χ2n) is 4.13. The molecule has 0 aromatic heterocycles. The second kappa shape index (κ2) is 5.68. The van der Waals surface area contributed by atoms with E-state index in [0.717, 1.165) is 0 Å². The molecule has 0 radical (unpaired) electrons. The molecule has 1 heterocycles. The van der Waals surface area contributed by atoms with Crippen LogP contribution in [0.1, 0.15) is 12.5 Å². The van der Waals surface area contributed by atoms with Crippen LogP contribution in [0, 0.1) is 0 Å². The summed E-state index contributed by atoms with van der Waals surface area (Å²) in [6.45, 7) is 2.20. The average molecular weight is 313 g/mol. The number of phenols is 1. The zero-order valence-electron chi connectivity index (χ0n) is 10.9. The van der Waals surface area contributed by atoms with Gasteiger partial charge >= 0.3 is 0 Å². The number of aromatic hydroxyl groups is 1. The van der Waals surface area contributed by atoms with E-state index >= 15 is 0 Å². The standard InChI is InChI=1S/C13H13ClN2O3S/c1-3-19-10-6-7(4-8(14)11(10)17)5-9-12(18)16(2)13(20)15-9/h4-6,17H,3H2,1-2H3,(H,15,20)/b9-5+. The van der Waals surface area contributed by atoms with Gasteiger partial charge in [-0.2, -0.15) is 0 Å². The molecule has 1 saturated heterocycles. The van der Waals surface area contributed by atoms with Crippen molar-refractivity contribution in [2.45, 2.75) is 6.92 Å². The third-order valence-corrected chi connectivity index (χ3v) is 3.41. The van der Waals surface area contributed by atoms with E-state index in [1.165, 1.54) is 4.90 Å². The quantitative estimate of drug-likeness (QED) is 0.661. The number of phenolic OH excluding ortho intramolecular Hbond substituents is 1. The fourth-order valence-electron chi connectivity index (χ4n) is 1.73. The van der Waals surface area contributed by atoms with E-state index in [9.17, 15) is 9.90 Å². The number of halogens is 1. The van der Waals surface area contributed by atoms with Crippen molar-refractivity contribution in [3.63, 3.8) is 0 Å². The number of benzene rings is 1. The van der Waals surface area contributed by atoms with Gasteiger partial charge in [-0.15, -0.1) is 0 Å². The molecule has 1 aromatic carbocycles. The highest BCUT2D eigenvalue weighted by atomic mass is 35.5. The highest BCUT2D eigenvalue weighted by Crippen LogP contribution is 2.35. The van der Waals surface area contributed by atoms with E-state index in [1.807, 2.05) is 0 Å². The average Bonchev–Trinajstić information content (AvgIpc) is 2.63. The van der Waals surface area contributed by atoms with E-state index in [2.05, 4.69) is 5.32 Å². The van der Waals surface area contributed by atoms with Gasteiger partial charge in [-0.1, -0.05) is 11.6 Å². The minimum absolute atomic E-state index is 0.117. The Morgan fingerprint density at radius 2 is 2.25 bits per heavy atom. The summed E-state index contributed by atoms with van der Waals surface area (Å²) >= 11 is 10.9. The Balaban J connectivity index is 2.39. The molecular formula is C13H13ClN2O3S. The Hall–Kier alpha value is -1.79. The van der Waals surface area contributed by atoms with E-state index in [-0.39, 0.29) is 22.4 Å². The molecular weight excluding hydrogens is 300 g/mol. The summed E-state index contributed by atoms with van der Waals surface area (Å²) in [6.07, 6.45) is 1.60. The fourth-order valence-corrected chi connectivity index (χ4v) is 2.14. The predicted octanol–water partition coefficient (Wildman–Crippen LogP) is 2.13. The van der Waals surface area contributed by atoms with Crippen LogP contribution in [0.5, 0.6) is 11.5 Å². The van der Waals surface area contributed by atoms with Gasteiger partial charge in [0.15, 0.2) is 16.6 Å². The fraction of sp³-hybridized carbons (Fsp3) is 0.231. The van der Waals surface area contributed by atoms with Crippen LogP contribution in [0.3, 0.4) is 0 Å². The SMILES string of the molecule is CCOc1cc(/C=C2/NC(=S)N(C)C2=O)cc(Cl)c1O. The summed E-state index contributed by atoms with van der Waals surface area (Å²) in [5, 5.41) is 13.1. The lowest BCUT2D eigenvalue weighted by Gasteiger charge is -2.08. The summed E-state index contributed by atoms with van der Waals surface area (Å²) in [5.74, 6) is -0.0700. The van der Waals surface area contributed by atoms with Gasteiger partial charge in [0, 0.05) is 7.05 Å². The molecule has 0 spiro atoms. The number of nitrogens with one attached hydrogen (secondary N) is 1. The number of carbonyl (C=O) groups excluding carboxylic acids is 1. The van der Waals surface area contributed by atoms with Crippen LogP contribution in [0.4, 0.5) is 0 Å². The minimum Gasteiger partial charge on any atom is -0.503 e. The molecule has 0 unspecified atom stereocenters. The molecule has 1 fully saturated rings. The van der Waals surface area contributed by atoms with E-state index in [4.69, 9.17) is 28.6 Å². The van der Waals surface area contributed by atoms with Crippen LogP contribution in [0.2, 0.25) is 5.02 Å². The number of thiocarbonyl (C=S) groups is 1. The molecule has 20 heavy (non-hydrogen) atoms. The normalized spacial score (nSPS) is 16.8. The molecule has 1 aliphatic heterocycles. The van der Waals surface area contributed by atoms with Gasteiger partial charge in [0.1, 0.15) is 5.70 Å². The molecule has 2 N–H and O–H groups in total. The lowest BCUT2D eigenvalue weighted by molar-refractivity contribution is -0.121. The number of hydrogen-bond donors (Lipinski definition) is 2. The summed E-state index contributed by atoms with van der Waals surface area (Å²) < 4.78 is 5.29. The number of amides is 1. The van der Waals surface area contributed by atoms with E-state index in [0.29, 0.717) is 23.0 Å². The van der Waals surface area contributed by atoms with Crippen molar-refractivity contribution in [3.05, 3.63) is 28.4 Å². The van der Waals surface area contributed by atoms with Crippen molar-refractivity contribution in [1.29, 1.82) is 0 Å². The summed E-state index contributed by atoms with van der Waals surface area (Å²) in [6, 6.07) is 3.15. The van der Waals surface area contributed by atoms with Gasteiger partial charge in [0.25, 0.3) is 5.91 Å². The molecule has 0 saturated carbocycles. The first-order valence-corrected chi connectivity index (χ1v) is 6.68. The maximum atomic E-state index is 11.9. The zero-order chi connectivity index (χ0) is 14.9. The highest BCUT2D eigenvalue weighted by Gasteiger charge is 2.27. The first kappa shape index (κ1) is 14.6. The van der Waals surface area contributed by atoms with Crippen molar-refractivity contribution in [2.75, 3.05) is 13.7 Å². The Morgan fingerprint density at radius 3 is 2.80 bits per heavy atom. The maximum absolute atomic E-state index is 11.9. The van der Waals surface area contributed by atoms with Crippen LogP contribution in [0.15, 0.2) is 17.8 Å². The lowest BCUT2D eigenvalue weighted by atomic mass is 10.1. The maximum Gasteiger partial charge on any atom is 0.276 e. The van der Waals surface area contributed by atoms with E-state index in [1.54, 1.807) is 32.2 Å².